The number of hydrogen-bond donors (Lipinski definition) is 1. The summed E-state index contributed by atoms with van der Waals surface area (Å²) in [6.07, 6.45) is 6.29. The van der Waals surface area contributed by atoms with Crippen LogP contribution in [0.3, 0.4) is 0 Å². The first kappa shape index (κ1) is 21.1. The summed E-state index contributed by atoms with van der Waals surface area (Å²) in [5.74, 6) is -0.0810. The van der Waals surface area contributed by atoms with E-state index in [2.05, 4.69) is 19.2 Å². The highest BCUT2D eigenvalue weighted by Gasteiger charge is 2.40. The lowest BCUT2D eigenvalue weighted by molar-refractivity contribution is -0.132. The monoisotopic (exact) mass is 398 g/mol. The van der Waals surface area contributed by atoms with Gasteiger partial charge in [-0.15, -0.1) is 0 Å². The van der Waals surface area contributed by atoms with E-state index in [1.165, 1.54) is 4.90 Å². The van der Waals surface area contributed by atoms with Crippen LogP contribution in [0.15, 0.2) is 17.7 Å². The van der Waals surface area contributed by atoms with Gasteiger partial charge in [0.2, 0.25) is 0 Å². The lowest BCUT2D eigenvalue weighted by atomic mass is 9.92. The minimum absolute atomic E-state index is 0.0112. The number of nitrogens with zero attached hydrogens (tertiary/aromatic N) is 1. The molecule has 0 atom stereocenters. The van der Waals surface area contributed by atoms with Crippen molar-refractivity contribution in [2.75, 3.05) is 6.61 Å². The molecule has 0 unspecified atom stereocenters. The standard InChI is InChI=1S/C23H30N2O4/c1-5-29-20-11-15(4)16(12-18(20)14(2)3)13-19-21(26)24-23(28)25(22(19)27)17-9-7-6-8-10-17/h11-14,17H,5-10H2,1-4H3,(H,24,26,28). The summed E-state index contributed by atoms with van der Waals surface area (Å²) in [4.78, 5) is 39.2. The van der Waals surface area contributed by atoms with Crippen molar-refractivity contribution in [3.05, 3.63) is 34.4 Å². The number of ether oxygens (including phenoxy) is 1. The summed E-state index contributed by atoms with van der Waals surface area (Å²) in [6, 6.07) is 3.18. The minimum atomic E-state index is -0.633. The Bertz CT molecular complexity index is 851. The molecule has 3 rings (SSSR count). The van der Waals surface area contributed by atoms with Crippen LogP contribution in [0.25, 0.3) is 6.08 Å². The SMILES string of the molecule is CCOc1cc(C)c(C=C2C(=O)NC(=O)N(C3CCCCC3)C2=O)cc1C(C)C. The molecular weight excluding hydrogens is 368 g/mol. The molecular formula is C23H30N2O4. The van der Waals surface area contributed by atoms with E-state index >= 15 is 0 Å². The van der Waals surface area contributed by atoms with E-state index in [0.29, 0.717) is 6.61 Å². The van der Waals surface area contributed by atoms with E-state index in [4.69, 9.17) is 4.74 Å². The average molecular weight is 399 g/mol. The number of carbonyl (C=O) groups is 3. The Labute approximate surface area is 172 Å². The van der Waals surface area contributed by atoms with E-state index in [0.717, 1.165) is 54.5 Å². The second-order valence-electron chi connectivity index (χ2n) is 8.12. The first-order valence-corrected chi connectivity index (χ1v) is 10.5. The van der Waals surface area contributed by atoms with Gasteiger partial charge in [-0.25, -0.2) is 4.79 Å². The van der Waals surface area contributed by atoms with Crippen molar-refractivity contribution >= 4 is 23.9 Å². The predicted molar refractivity (Wildman–Crippen MR) is 112 cm³/mol. The molecule has 2 aliphatic rings. The molecule has 0 bridgehead atoms. The van der Waals surface area contributed by atoms with Gasteiger partial charge >= 0.3 is 6.03 Å². The van der Waals surface area contributed by atoms with Crippen LogP contribution in [-0.2, 0) is 9.59 Å². The average Bonchev–Trinajstić information content (AvgIpc) is 2.67. The minimum Gasteiger partial charge on any atom is -0.494 e. The van der Waals surface area contributed by atoms with E-state index in [9.17, 15) is 14.4 Å². The Morgan fingerprint density at radius 1 is 1.17 bits per heavy atom. The van der Waals surface area contributed by atoms with E-state index in [1.54, 1.807) is 6.08 Å². The van der Waals surface area contributed by atoms with Crippen LogP contribution in [0.1, 0.15) is 75.5 Å². The molecule has 1 aromatic carbocycles. The van der Waals surface area contributed by atoms with Gasteiger partial charge in [0.05, 0.1) is 6.61 Å². The highest BCUT2D eigenvalue weighted by molar-refractivity contribution is 6.31. The molecule has 1 N–H and O–H groups in total. The summed E-state index contributed by atoms with van der Waals surface area (Å²) < 4.78 is 5.76. The summed E-state index contributed by atoms with van der Waals surface area (Å²) in [5, 5.41) is 2.35. The first-order chi connectivity index (χ1) is 13.8. The zero-order valence-electron chi connectivity index (χ0n) is 17.7. The molecule has 0 radical (unpaired) electrons. The third-order valence-corrected chi connectivity index (χ3v) is 5.69. The normalized spacial score (nSPS) is 19.8. The number of urea groups is 1. The maximum atomic E-state index is 13.1. The summed E-state index contributed by atoms with van der Waals surface area (Å²) in [5.41, 5.74) is 2.73. The third kappa shape index (κ3) is 4.36. The van der Waals surface area contributed by atoms with Gasteiger partial charge in [-0.3, -0.25) is 19.8 Å². The maximum absolute atomic E-state index is 13.1. The topological polar surface area (TPSA) is 75.7 Å². The number of aryl methyl sites for hydroxylation is 1. The van der Waals surface area contributed by atoms with Crippen LogP contribution in [0.4, 0.5) is 4.79 Å². The van der Waals surface area contributed by atoms with Crippen molar-refractivity contribution < 1.29 is 19.1 Å². The van der Waals surface area contributed by atoms with Crippen LogP contribution < -0.4 is 10.1 Å². The molecule has 1 aliphatic carbocycles. The molecule has 0 aromatic heterocycles. The summed E-state index contributed by atoms with van der Waals surface area (Å²) >= 11 is 0. The maximum Gasteiger partial charge on any atom is 0.331 e. The van der Waals surface area contributed by atoms with Crippen LogP contribution in [-0.4, -0.2) is 35.4 Å². The van der Waals surface area contributed by atoms with Crippen LogP contribution >= 0.6 is 0 Å². The Morgan fingerprint density at radius 3 is 2.48 bits per heavy atom. The van der Waals surface area contributed by atoms with Crippen molar-refractivity contribution in [3.8, 4) is 5.75 Å². The molecule has 156 valence electrons. The molecule has 0 spiro atoms. The second-order valence-corrected chi connectivity index (χ2v) is 8.12. The van der Waals surface area contributed by atoms with Crippen LogP contribution in [0.2, 0.25) is 0 Å². The van der Waals surface area contributed by atoms with Crippen LogP contribution in [0.5, 0.6) is 5.75 Å². The van der Waals surface area contributed by atoms with Gasteiger partial charge in [-0.05, 0) is 67.5 Å². The Kier molecular flexibility index (Phi) is 6.40. The van der Waals surface area contributed by atoms with Gasteiger partial charge in [0, 0.05) is 6.04 Å². The Morgan fingerprint density at radius 2 is 1.86 bits per heavy atom. The quantitative estimate of drug-likeness (QED) is 0.592. The lowest BCUT2D eigenvalue weighted by Gasteiger charge is -2.35. The predicted octanol–water partition coefficient (Wildman–Crippen LogP) is 4.31. The molecule has 29 heavy (non-hydrogen) atoms. The number of nitrogens with one attached hydrogen (secondary N) is 1. The second kappa shape index (κ2) is 8.80. The van der Waals surface area contributed by atoms with Gasteiger partial charge in [0.1, 0.15) is 11.3 Å². The fourth-order valence-electron chi connectivity index (χ4n) is 4.10. The Hall–Kier alpha value is -2.63. The Balaban J connectivity index is 1.99. The van der Waals surface area contributed by atoms with Crippen molar-refractivity contribution in [2.45, 2.75) is 71.8 Å². The molecule has 6 heteroatoms. The van der Waals surface area contributed by atoms with Gasteiger partial charge in [0.25, 0.3) is 11.8 Å². The van der Waals surface area contributed by atoms with Gasteiger partial charge in [-0.1, -0.05) is 33.1 Å². The number of rotatable bonds is 5. The van der Waals surface area contributed by atoms with E-state index < -0.39 is 17.8 Å². The fourth-order valence-corrected chi connectivity index (χ4v) is 4.10. The molecule has 1 saturated carbocycles. The van der Waals surface area contributed by atoms with E-state index in [-0.39, 0.29) is 17.5 Å². The number of imide groups is 2. The van der Waals surface area contributed by atoms with Gasteiger partial charge in [-0.2, -0.15) is 0 Å². The first-order valence-electron chi connectivity index (χ1n) is 10.5. The van der Waals surface area contributed by atoms with Crippen molar-refractivity contribution in [2.24, 2.45) is 0 Å². The molecule has 1 aromatic rings. The molecule has 1 saturated heterocycles. The number of barbiturate groups is 1. The third-order valence-electron chi connectivity index (χ3n) is 5.69. The molecule has 1 heterocycles. The van der Waals surface area contributed by atoms with Gasteiger partial charge in [0.15, 0.2) is 0 Å². The highest BCUT2D eigenvalue weighted by atomic mass is 16.5. The molecule has 6 nitrogen and oxygen atoms in total. The number of benzene rings is 1. The smallest absolute Gasteiger partial charge is 0.331 e. The molecule has 1 aliphatic heterocycles. The molecule has 2 fully saturated rings. The van der Waals surface area contributed by atoms with Crippen molar-refractivity contribution in [1.82, 2.24) is 10.2 Å². The zero-order valence-corrected chi connectivity index (χ0v) is 17.7. The van der Waals surface area contributed by atoms with Crippen molar-refractivity contribution in [1.29, 1.82) is 0 Å². The number of hydrogen-bond acceptors (Lipinski definition) is 4. The highest BCUT2D eigenvalue weighted by Crippen LogP contribution is 2.32. The zero-order chi connectivity index (χ0) is 21.1. The number of carbonyl (C=O) groups excluding carboxylic acids is 3. The lowest BCUT2D eigenvalue weighted by Crippen LogP contribution is -2.58. The molecule has 4 amide bonds. The summed E-state index contributed by atoms with van der Waals surface area (Å²) in [7, 11) is 0. The summed E-state index contributed by atoms with van der Waals surface area (Å²) in [6.45, 7) is 8.59. The largest absolute Gasteiger partial charge is 0.494 e. The van der Waals surface area contributed by atoms with Gasteiger partial charge < -0.3 is 4.74 Å². The van der Waals surface area contributed by atoms with E-state index in [1.807, 2.05) is 26.0 Å². The van der Waals surface area contributed by atoms with Crippen molar-refractivity contribution in [3.63, 3.8) is 0 Å². The van der Waals surface area contributed by atoms with Crippen LogP contribution in [0, 0.1) is 6.92 Å². The number of amides is 4. The fraction of sp³-hybridized carbons (Fsp3) is 0.522.